The van der Waals surface area contributed by atoms with E-state index in [1.807, 2.05) is 0 Å². The molecule has 0 spiro atoms. The predicted octanol–water partition coefficient (Wildman–Crippen LogP) is 2.79. The van der Waals surface area contributed by atoms with Crippen LogP contribution < -0.4 is 10.1 Å². The van der Waals surface area contributed by atoms with Gasteiger partial charge >= 0.3 is 0 Å². The highest BCUT2D eigenvalue weighted by Gasteiger charge is 2.10. The SMILES string of the molecule is CC(C)NCc1cnc(OCCC(C)(C)C)cn1. The summed E-state index contributed by atoms with van der Waals surface area (Å²) in [7, 11) is 0. The van der Waals surface area contributed by atoms with Crippen molar-refractivity contribution in [3.8, 4) is 5.88 Å². The van der Waals surface area contributed by atoms with E-state index in [1.54, 1.807) is 12.4 Å². The van der Waals surface area contributed by atoms with Gasteiger partial charge in [0, 0.05) is 12.6 Å². The van der Waals surface area contributed by atoms with E-state index in [2.05, 4.69) is 49.9 Å². The fourth-order valence-corrected chi connectivity index (χ4v) is 1.28. The number of rotatable bonds is 6. The fourth-order valence-electron chi connectivity index (χ4n) is 1.28. The first-order chi connectivity index (χ1) is 8.37. The minimum Gasteiger partial charge on any atom is -0.477 e. The molecule has 0 amide bonds. The maximum absolute atomic E-state index is 5.57. The van der Waals surface area contributed by atoms with Crippen LogP contribution in [-0.4, -0.2) is 22.6 Å². The second-order valence-corrected chi connectivity index (χ2v) is 6.04. The van der Waals surface area contributed by atoms with E-state index in [1.165, 1.54) is 0 Å². The molecule has 0 unspecified atom stereocenters. The Morgan fingerprint density at radius 3 is 2.44 bits per heavy atom. The maximum Gasteiger partial charge on any atom is 0.232 e. The lowest BCUT2D eigenvalue weighted by Crippen LogP contribution is -2.22. The van der Waals surface area contributed by atoms with Crippen molar-refractivity contribution in [2.75, 3.05) is 6.61 Å². The van der Waals surface area contributed by atoms with Gasteiger partial charge in [-0.1, -0.05) is 34.6 Å². The van der Waals surface area contributed by atoms with E-state index in [-0.39, 0.29) is 5.41 Å². The van der Waals surface area contributed by atoms with Gasteiger partial charge in [0.1, 0.15) is 0 Å². The second kappa shape index (κ2) is 6.69. The standard InChI is InChI=1S/C14H25N3O/c1-11(2)15-8-12-9-17-13(10-16-12)18-7-6-14(3,4)5/h9-11,15H,6-8H2,1-5H3. The lowest BCUT2D eigenvalue weighted by Gasteiger charge is -2.17. The molecule has 0 saturated heterocycles. The zero-order valence-electron chi connectivity index (χ0n) is 12.2. The van der Waals surface area contributed by atoms with E-state index >= 15 is 0 Å². The molecule has 1 heterocycles. The van der Waals surface area contributed by atoms with Gasteiger partial charge in [0.25, 0.3) is 0 Å². The highest BCUT2D eigenvalue weighted by molar-refractivity contribution is 5.07. The summed E-state index contributed by atoms with van der Waals surface area (Å²) in [5, 5.41) is 3.30. The third-order valence-electron chi connectivity index (χ3n) is 2.48. The first-order valence-corrected chi connectivity index (χ1v) is 6.54. The maximum atomic E-state index is 5.57. The average Bonchev–Trinajstić information content (AvgIpc) is 2.26. The molecule has 1 rings (SSSR count). The minimum absolute atomic E-state index is 0.286. The topological polar surface area (TPSA) is 47.0 Å². The Hall–Kier alpha value is -1.16. The van der Waals surface area contributed by atoms with Crippen LogP contribution in [0.4, 0.5) is 0 Å². The molecule has 0 atom stereocenters. The predicted molar refractivity (Wildman–Crippen MR) is 73.6 cm³/mol. The number of hydrogen-bond acceptors (Lipinski definition) is 4. The number of ether oxygens (including phenoxy) is 1. The smallest absolute Gasteiger partial charge is 0.232 e. The lowest BCUT2D eigenvalue weighted by molar-refractivity contribution is 0.235. The van der Waals surface area contributed by atoms with Crippen LogP contribution in [0.25, 0.3) is 0 Å². The molecule has 1 aromatic heterocycles. The van der Waals surface area contributed by atoms with Gasteiger partial charge in [-0.25, -0.2) is 4.98 Å². The van der Waals surface area contributed by atoms with Crippen molar-refractivity contribution in [3.05, 3.63) is 18.1 Å². The molecule has 1 aromatic rings. The Balaban J connectivity index is 2.36. The van der Waals surface area contributed by atoms with E-state index in [4.69, 9.17) is 4.74 Å². The van der Waals surface area contributed by atoms with Crippen molar-refractivity contribution in [2.45, 2.75) is 53.6 Å². The molecule has 102 valence electrons. The molecule has 18 heavy (non-hydrogen) atoms. The van der Waals surface area contributed by atoms with Crippen molar-refractivity contribution >= 4 is 0 Å². The van der Waals surface area contributed by atoms with E-state index in [0.29, 0.717) is 18.5 Å². The van der Waals surface area contributed by atoms with Crippen LogP contribution >= 0.6 is 0 Å². The highest BCUT2D eigenvalue weighted by atomic mass is 16.5. The van der Waals surface area contributed by atoms with Crippen LogP contribution in [0.15, 0.2) is 12.4 Å². The van der Waals surface area contributed by atoms with Crippen molar-refractivity contribution < 1.29 is 4.74 Å². The van der Waals surface area contributed by atoms with Crippen LogP contribution in [0.2, 0.25) is 0 Å². The molecule has 0 bridgehead atoms. The first kappa shape index (κ1) is 14.9. The molecule has 4 nitrogen and oxygen atoms in total. The highest BCUT2D eigenvalue weighted by Crippen LogP contribution is 2.18. The summed E-state index contributed by atoms with van der Waals surface area (Å²) in [4.78, 5) is 8.57. The van der Waals surface area contributed by atoms with Crippen LogP contribution in [0.1, 0.15) is 46.7 Å². The van der Waals surface area contributed by atoms with Gasteiger partial charge in [0.05, 0.1) is 24.7 Å². The van der Waals surface area contributed by atoms with Crippen molar-refractivity contribution in [2.24, 2.45) is 5.41 Å². The second-order valence-electron chi connectivity index (χ2n) is 6.04. The van der Waals surface area contributed by atoms with Crippen LogP contribution in [0.3, 0.4) is 0 Å². The summed E-state index contributed by atoms with van der Waals surface area (Å²) >= 11 is 0. The summed E-state index contributed by atoms with van der Waals surface area (Å²) in [5.41, 5.74) is 1.22. The lowest BCUT2D eigenvalue weighted by atomic mass is 9.93. The molecule has 0 aliphatic heterocycles. The summed E-state index contributed by atoms with van der Waals surface area (Å²) in [6, 6.07) is 0.453. The van der Waals surface area contributed by atoms with Crippen LogP contribution in [-0.2, 0) is 6.54 Å². The monoisotopic (exact) mass is 251 g/mol. The molecule has 0 aliphatic rings. The van der Waals surface area contributed by atoms with Gasteiger partial charge in [0.2, 0.25) is 5.88 Å². The number of hydrogen-bond donors (Lipinski definition) is 1. The fraction of sp³-hybridized carbons (Fsp3) is 0.714. The van der Waals surface area contributed by atoms with Crippen molar-refractivity contribution in [3.63, 3.8) is 0 Å². The quantitative estimate of drug-likeness (QED) is 0.844. The van der Waals surface area contributed by atoms with E-state index < -0.39 is 0 Å². The summed E-state index contributed by atoms with van der Waals surface area (Å²) in [5.74, 6) is 0.604. The molecular weight excluding hydrogens is 226 g/mol. The normalized spacial score (nSPS) is 11.9. The van der Waals surface area contributed by atoms with Gasteiger partial charge in [-0.05, 0) is 11.8 Å². The van der Waals surface area contributed by atoms with E-state index in [9.17, 15) is 0 Å². The zero-order valence-corrected chi connectivity index (χ0v) is 12.2. The van der Waals surface area contributed by atoms with Gasteiger partial charge < -0.3 is 10.1 Å². The Labute approximate surface area is 110 Å². The Bertz CT molecular complexity index is 341. The molecule has 1 N–H and O–H groups in total. The number of aromatic nitrogens is 2. The molecule has 0 fully saturated rings. The summed E-state index contributed by atoms with van der Waals surface area (Å²) < 4.78 is 5.57. The Morgan fingerprint density at radius 2 is 1.94 bits per heavy atom. The van der Waals surface area contributed by atoms with Crippen LogP contribution in [0.5, 0.6) is 5.88 Å². The third kappa shape index (κ3) is 6.55. The van der Waals surface area contributed by atoms with Crippen LogP contribution in [0, 0.1) is 5.41 Å². The number of nitrogens with one attached hydrogen (secondary N) is 1. The molecule has 0 aliphatic carbocycles. The Kier molecular flexibility index (Phi) is 5.54. The number of nitrogens with zero attached hydrogens (tertiary/aromatic N) is 2. The van der Waals surface area contributed by atoms with Gasteiger partial charge in [-0.2, -0.15) is 0 Å². The summed E-state index contributed by atoms with van der Waals surface area (Å²) in [6.45, 7) is 12.2. The molecule has 4 heteroatoms. The molecule has 0 saturated carbocycles. The first-order valence-electron chi connectivity index (χ1n) is 6.54. The Morgan fingerprint density at radius 1 is 1.22 bits per heavy atom. The summed E-state index contributed by atoms with van der Waals surface area (Å²) in [6.07, 6.45) is 4.47. The third-order valence-corrected chi connectivity index (χ3v) is 2.48. The largest absolute Gasteiger partial charge is 0.477 e. The van der Waals surface area contributed by atoms with Gasteiger partial charge in [-0.3, -0.25) is 4.98 Å². The van der Waals surface area contributed by atoms with Crippen molar-refractivity contribution in [1.29, 1.82) is 0 Å². The van der Waals surface area contributed by atoms with Gasteiger partial charge in [-0.15, -0.1) is 0 Å². The molecule has 0 aromatic carbocycles. The average molecular weight is 251 g/mol. The minimum atomic E-state index is 0.286. The van der Waals surface area contributed by atoms with Gasteiger partial charge in [0.15, 0.2) is 0 Å². The van der Waals surface area contributed by atoms with E-state index in [0.717, 1.165) is 18.7 Å². The van der Waals surface area contributed by atoms with Crippen molar-refractivity contribution in [1.82, 2.24) is 15.3 Å². The zero-order chi connectivity index (χ0) is 13.6. The molecular formula is C14H25N3O. The molecule has 0 radical (unpaired) electrons.